The standard InChI is InChI=1S/C14H14Cl2N2O2/c1-9-13(14(16)18(2)17-9)7-11(19)8-20-12-5-3-4-10(15)6-12/h3-6H,7-8H2,1-2H3. The molecule has 1 aromatic carbocycles. The third kappa shape index (κ3) is 3.52. The summed E-state index contributed by atoms with van der Waals surface area (Å²) in [4.78, 5) is 11.9. The minimum atomic E-state index is -0.0667. The Labute approximate surface area is 127 Å². The van der Waals surface area contributed by atoms with Crippen LogP contribution in [0.3, 0.4) is 0 Å². The van der Waals surface area contributed by atoms with Crippen molar-refractivity contribution >= 4 is 29.0 Å². The van der Waals surface area contributed by atoms with Crippen molar-refractivity contribution in [2.45, 2.75) is 13.3 Å². The molecule has 0 aliphatic rings. The summed E-state index contributed by atoms with van der Waals surface area (Å²) in [6.07, 6.45) is 0.207. The van der Waals surface area contributed by atoms with Crippen molar-refractivity contribution in [3.05, 3.63) is 45.7 Å². The Bertz CT molecular complexity index is 638. The minimum Gasteiger partial charge on any atom is -0.486 e. The molecule has 0 atom stereocenters. The number of aryl methyl sites for hydroxylation is 2. The lowest BCUT2D eigenvalue weighted by Crippen LogP contribution is -2.14. The van der Waals surface area contributed by atoms with Crippen LogP contribution in [0.15, 0.2) is 24.3 Å². The van der Waals surface area contributed by atoms with E-state index in [4.69, 9.17) is 27.9 Å². The molecule has 0 aliphatic heterocycles. The predicted molar refractivity (Wildman–Crippen MR) is 78.6 cm³/mol. The first-order chi connectivity index (χ1) is 9.47. The summed E-state index contributed by atoms with van der Waals surface area (Å²) in [6, 6.07) is 6.93. The lowest BCUT2D eigenvalue weighted by molar-refractivity contribution is -0.120. The van der Waals surface area contributed by atoms with Crippen molar-refractivity contribution in [1.82, 2.24) is 9.78 Å². The van der Waals surface area contributed by atoms with E-state index in [-0.39, 0.29) is 18.8 Å². The Kier molecular flexibility index (Phi) is 4.68. The molecule has 2 rings (SSSR count). The van der Waals surface area contributed by atoms with Crippen molar-refractivity contribution in [1.29, 1.82) is 0 Å². The average molecular weight is 313 g/mol. The van der Waals surface area contributed by atoms with Gasteiger partial charge < -0.3 is 4.74 Å². The number of halogens is 2. The summed E-state index contributed by atoms with van der Waals surface area (Å²) < 4.78 is 6.96. The molecule has 0 saturated carbocycles. The molecule has 0 spiro atoms. The van der Waals surface area contributed by atoms with Gasteiger partial charge in [0.15, 0.2) is 5.78 Å². The van der Waals surface area contributed by atoms with Crippen molar-refractivity contribution in [2.75, 3.05) is 6.61 Å². The van der Waals surface area contributed by atoms with Gasteiger partial charge in [-0.2, -0.15) is 5.10 Å². The number of hydrogen-bond donors (Lipinski definition) is 0. The minimum absolute atomic E-state index is 0.0228. The van der Waals surface area contributed by atoms with Gasteiger partial charge in [0.2, 0.25) is 0 Å². The van der Waals surface area contributed by atoms with Crippen molar-refractivity contribution in [3.8, 4) is 5.75 Å². The van der Waals surface area contributed by atoms with E-state index in [0.29, 0.717) is 15.9 Å². The quantitative estimate of drug-likeness (QED) is 0.851. The van der Waals surface area contributed by atoms with Crippen LogP contribution < -0.4 is 4.74 Å². The van der Waals surface area contributed by atoms with Crippen LogP contribution in [-0.2, 0) is 18.3 Å². The van der Waals surface area contributed by atoms with Crippen LogP contribution in [0.25, 0.3) is 0 Å². The summed E-state index contributed by atoms with van der Waals surface area (Å²) in [7, 11) is 1.74. The van der Waals surface area contributed by atoms with Crippen LogP contribution in [-0.4, -0.2) is 22.2 Å². The molecule has 0 amide bonds. The lowest BCUT2D eigenvalue weighted by atomic mass is 10.1. The first-order valence-corrected chi connectivity index (χ1v) is 6.81. The highest BCUT2D eigenvalue weighted by Crippen LogP contribution is 2.20. The van der Waals surface area contributed by atoms with E-state index in [9.17, 15) is 4.79 Å². The highest BCUT2D eigenvalue weighted by atomic mass is 35.5. The van der Waals surface area contributed by atoms with Gasteiger partial charge >= 0.3 is 0 Å². The maximum Gasteiger partial charge on any atom is 0.174 e. The zero-order valence-electron chi connectivity index (χ0n) is 11.2. The van der Waals surface area contributed by atoms with Crippen LogP contribution in [0.1, 0.15) is 11.3 Å². The first-order valence-electron chi connectivity index (χ1n) is 6.05. The number of carbonyl (C=O) groups excluding carboxylic acids is 1. The Morgan fingerprint density at radius 2 is 2.15 bits per heavy atom. The summed E-state index contributed by atoms with van der Waals surface area (Å²) >= 11 is 11.9. The fourth-order valence-electron chi connectivity index (χ4n) is 1.84. The fourth-order valence-corrected chi connectivity index (χ4v) is 2.27. The van der Waals surface area contributed by atoms with Crippen LogP contribution in [0.4, 0.5) is 0 Å². The third-order valence-corrected chi connectivity index (χ3v) is 3.55. The smallest absolute Gasteiger partial charge is 0.174 e. The number of ether oxygens (including phenoxy) is 1. The van der Waals surface area contributed by atoms with Crippen LogP contribution in [0, 0.1) is 6.92 Å². The van der Waals surface area contributed by atoms with E-state index in [0.717, 1.165) is 11.3 Å². The fraction of sp³-hybridized carbons (Fsp3) is 0.286. The maximum absolute atomic E-state index is 11.9. The molecule has 106 valence electrons. The molecule has 0 bridgehead atoms. The van der Waals surface area contributed by atoms with Gasteiger partial charge in [0.25, 0.3) is 0 Å². The summed E-state index contributed by atoms with van der Waals surface area (Å²) in [5.41, 5.74) is 1.50. The predicted octanol–water partition coefficient (Wildman–Crippen LogP) is 3.23. The number of rotatable bonds is 5. The van der Waals surface area contributed by atoms with E-state index in [1.165, 1.54) is 0 Å². The average Bonchev–Trinajstić information content (AvgIpc) is 2.63. The number of ketones is 1. The van der Waals surface area contributed by atoms with E-state index < -0.39 is 0 Å². The molecular formula is C14H14Cl2N2O2. The number of Topliss-reactive ketones (excluding diaryl/α,β-unsaturated/α-hetero) is 1. The number of nitrogens with zero attached hydrogens (tertiary/aromatic N) is 2. The van der Waals surface area contributed by atoms with Crippen LogP contribution in [0.2, 0.25) is 10.2 Å². The van der Waals surface area contributed by atoms with E-state index in [2.05, 4.69) is 5.10 Å². The van der Waals surface area contributed by atoms with Crippen molar-refractivity contribution < 1.29 is 9.53 Å². The van der Waals surface area contributed by atoms with Gasteiger partial charge in [-0.05, 0) is 25.1 Å². The lowest BCUT2D eigenvalue weighted by Gasteiger charge is -2.05. The summed E-state index contributed by atoms with van der Waals surface area (Å²) in [5.74, 6) is 0.503. The molecular weight excluding hydrogens is 299 g/mol. The van der Waals surface area contributed by atoms with E-state index in [1.54, 1.807) is 36.0 Å². The van der Waals surface area contributed by atoms with Gasteiger partial charge in [0, 0.05) is 24.1 Å². The molecule has 6 heteroatoms. The molecule has 0 N–H and O–H groups in total. The molecule has 20 heavy (non-hydrogen) atoms. The summed E-state index contributed by atoms with van der Waals surface area (Å²) in [5, 5.41) is 5.22. The van der Waals surface area contributed by atoms with Gasteiger partial charge in [-0.3, -0.25) is 9.48 Å². The van der Waals surface area contributed by atoms with Gasteiger partial charge in [0.1, 0.15) is 17.5 Å². The normalized spacial score (nSPS) is 10.6. The monoisotopic (exact) mass is 312 g/mol. The number of benzene rings is 1. The van der Waals surface area contributed by atoms with E-state index in [1.807, 2.05) is 6.92 Å². The van der Waals surface area contributed by atoms with Gasteiger partial charge in [-0.25, -0.2) is 0 Å². The largest absolute Gasteiger partial charge is 0.486 e. The Morgan fingerprint density at radius 3 is 2.75 bits per heavy atom. The Hall–Kier alpha value is -1.52. The molecule has 2 aromatic rings. The molecule has 1 aromatic heterocycles. The van der Waals surface area contributed by atoms with Crippen molar-refractivity contribution in [2.24, 2.45) is 7.05 Å². The molecule has 0 saturated heterocycles. The molecule has 0 unspecified atom stereocenters. The number of aromatic nitrogens is 2. The molecule has 1 heterocycles. The second kappa shape index (κ2) is 6.29. The molecule has 4 nitrogen and oxygen atoms in total. The van der Waals surface area contributed by atoms with Crippen LogP contribution in [0.5, 0.6) is 5.75 Å². The zero-order chi connectivity index (χ0) is 14.7. The summed E-state index contributed by atoms with van der Waals surface area (Å²) in [6.45, 7) is 1.80. The SMILES string of the molecule is Cc1nn(C)c(Cl)c1CC(=O)COc1cccc(Cl)c1. The van der Waals surface area contributed by atoms with Gasteiger partial charge in [0.05, 0.1) is 5.69 Å². The highest BCUT2D eigenvalue weighted by molar-refractivity contribution is 6.31. The molecule has 0 fully saturated rings. The Balaban J connectivity index is 1.96. The van der Waals surface area contributed by atoms with Gasteiger partial charge in [-0.1, -0.05) is 29.3 Å². The number of carbonyl (C=O) groups is 1. The maximum atomic E-state index is 11.9. The second-order valence-electron chi connectivity index (χ2n) is 4.44. The number of hydrogen-bond acceptors (Lipinski definition) is 3. The molecule has 0 radical (unpaired) electrons. The second-order valence-corrected chi connectivity index (χ2v) is 5.23. The highest BCUT2D eigenvalue weighted by Gasteiger charge is 2.15. The zero-order valence-corrected chi connectivity index (χ0v) is 12.7. The first kappa shape index (κ1) is 14.9. The van der Waals surface area contributed by atoms with Crippen molar-refractivity contribution in [3.63, 3.8) is 0 Å². The topological polar surface area (TPSA) is 44.1 Å². The van der Waals surface area contributed by atoms with Crippen LogP contribution >= 0.6 is 23.2 Å². The Morgan fingerprint density at radius 1 is 1.40 bits per heavy atom. The van der Waals surface area contributed by atoms with Gasteiger partial charge in [-0.15, -0.1) is 0 Å². The third-order valence-electron chi connectivity index (χ3n) is 2.84. The van der Waals surface area contributed by atoms with E-state index >= 15 is 0 Å². The molecule has 0 aliphatic carbocycles.